The summed E-state index contributed by atoms with van der Waals surface area (Å²) in [6, 6.07) is 8.99. The van der Waals surface area contributed by atoms with Gasteiger partial charge < -0.3 is 25.0 Å². The minimum atomic E-state index is -3.90. The van der Waals surface area contributed by atoms with Crippen molar-refractivity contribution in [1.82, 2.24) is 25.2 Å². The Bertz CT molecular complexity index is 2280. The van der Waals surface area contributed by atoms with E-state index in [4.69, 9.17) is 37.7 Å². The number of hydrogen-bond donors (Lipinski definition) is 3. The van der Waals surface area contributed by atoms with Crippen molar-refractivity contribution in [3.05, 3.63) is 76.4 Å². The maximum Gasteiger partial charge on any atom is 0.259 e. The van der Waals surface area contributed by atoms with Crippen LogP contribution in [0.4, 0.5) is 0 Å². The molecule has 3 fully saturated rings. The van der Waals surface area contributed by atoms with Crippen LogP contribution in [0.1, 0.15) is 63.6 Å². The molecule has 3 N–H and O–H groups in total. The second kappa shape index (κ2) is 15.6. The van der Waals surface area contributed by atoms with Gasteiger partial charge in [0.05, 0.1) is 31.1 Å². The molecule has 4 aliphatic rings. The van der Waals surface area contributed by atoms with Crippen LogP contribution in [0, 0.1) is 18.3 Å². The molecular weight excluding hydrogens is 812 g/mol. The number of thioether (sulfide) groups is 1. The Morgan fingerprint density at radius 3 is 2.53 bits per heavy atom. The zero-order chi connectivity index (χ0) is 41.0. The zero-order valence-corrected chi connectivity index (χ0v) is 35.4. The highest BCUT2D eigenvalue weighted by atomic mass is 35.5. The number of aromatic nitrogens is 1. The van der Waals surface area contributed by atoms with Gasteiger partial charge in [-0.25, -0.2) is 13.4 Å². The molecule has 3 aromatic rings. The van der Waals surface area contributed by atoms with Gasteiger partial charge >= 0.3 is 0 Å². The first kappa shape index (κ1) is 41.1. The summed E-state index contributed by atoms with van der Waals surface area (Å²) in [5, 5.41) is 8.64. The first-order valence-corrected chi connectivity index (χ1v) is 22.1. The van der Waals surface area contributed by atoms with Crippen molar-refractivity contribution in [2.75, 3.05) is 19.4 Å². The summed E-state index contributed by atoms with van der Waals surface area (Å²) in [5.74, 6) is -0.895. The van der Waals surface area contributed by atoms with Gasteiger partial charge in [-0.05, 0) is 67.0 Å². The summed E-state index contributed by atoms with van der Waals surface area (Å²) >= 11 is 14.2. The first-order chi connectivity index (χ1) is 26.9. The van der Waals surface area contributed by atoms with E-state index in [1.165, 1.54) is 36.0 Å². The number of methoxy groups -OCH3 is 1. The minimum Gasteiger partial charge on any atom is -0.494 e. The molecule has 0 bridgehead atoms. The SMILES string of the molecule is C=C[C@@H]1C[C@]1(NC(=O)[C@@H]1C[C@@H](Oc2ncc(OC)c3ccc(Cl)cc23)CN1C(=O)[C@@H](NC1=NC(c2ccc(Cl)c(C)c2)CS1)C(C)(C)C)C(=O)NS(=O)(=O)C1CC1. The Morgan fingerprint density at radius 2 is 1.88 bits per heavy atom. The van der Waals surface area contributed by atoms with Gasteiger partial charge in [0.2, 0.25) is 27.7 Å². The number of ether oxygens (including phenoxy) is 2. The number of amides is 3. The van der Waals surface area contributed by atoms with Crippen molar-refractivity contribution in [2.45, 2.75) is 88.4 Å². The van der Waals surface area contributed by atoms with E-state index in [1.807, 2.05) is 45.9 Å². The number of amidine groups is 1. The number of aryl methyl sites for hydroxylation is 1. The lowest BCUT2D eigenvalue weighted by atomic mass is 9.85. The van der Waals surface area contributed by atoms with Crippen molar-refractivity contribution in [1.29, 1.82) is 0 Å². The number of benzene rings is 2. The first-order valence-electron chi connectivity index (χ1n) is 18.8. The maximum atomic E-state index is 14.9. The third-order valence-electron chi connectivity index (χ3n) is 11.0. The smallest absolute Gasteiger partial charge is 0.259 e. The molecular formula is C40H46Cl2N6O7S2. The molecule has 17 heteroatoms. The van der Waals surface area contributed by atoms with E-state index in [0.29, 0.717) is 50.3 Å². The van der Waals surface area contributed by atoms with Crippen LogP contribution in [0.3, 0.4) is 0 Å². The van der Waals surface area contributed by atoms with Gasteiger partial charge in [-0.2, -0.15) is 0 Å². The number of fused-ring (bicyclic) bond motifs is 1. The molecule has 7 rings (SSSR count). The minimum absolute atomic E-state index is 0.00733. The summed E-state index contributed by atoms with van der Waals surface area (Å²) in [6.07, 6.45) is 3.49. The Hall–Kier alpha value is -4.05. The molecule has 1 saturated heterocycles. The molecule has 6 atom stereocenters. The van der Waals surface area contributed by atoms with Gasteiger partial charge in [-0.15, -0.1) is 6.58 Å². The fourth-order valence-electron chi connectivity index (χ4n) is 7.41. The van der Waals surface area contributed by atoms with Crippen molar-refractivity contribution in [3.8, 4) is 11.6 Å². The average molecular weight is 858 g/mol. The predicted molar refractivity (Wildman–Crippen MR) is 222 cm³/mol. The lowest BCUT2D eigenvalue weighted by Crippen LogP contribution is -2.60. The fourth-order valence-corrected chi connectivity index (χ4v) is 10.0. The number of aliphatic imine (C=N–C) groups is 1. The molecule has 0 radical (unpaired) electrons. The van der Waals surface area contributed by atoms with Crippen LogP contribution in [0.25, 0.3) is 10.8 Å². The molecule has 1 aromatic heterocycles. The number of rotatable bonds is 12. The van der Waals surface area contributed by atoms with Crippen LogP contribution >= 0.6 is 35.0 Å². The number of hydrogen-bond acceptors (Lipinski definition) is 11. The van der Waals surface area contributed by atoms with E-state index < -0.39 is 62.1 Å². The van der Waals surface area contributed by atoms with Crippen LogP contribution < -0.4 is 24.8 Å². The molecule has 304 valence electrons. The third kappa shape index (κ3) is 8.44. The largest absolute Gasteiger partial charge is 0.494 e. The maximum absolute atomic E-state index is 14.9. The van der Waals surface area contributed by atoms with E-state index in [1.54, 1.807) is 18.2 Å². The quantitative estimate of drug-likeness (QED) is 0.192. The van der Waals surface area contributed by atoms with Crippen LogP contribution in [0.2, 0.25) is 10.0 Å². The second-order valence-electron chi connectivity index (χ2n) is 16.2. The number of pyridine rings is 1. The normalized spacial score (nSPS) is 25.0. The Morgan fingerprint density at radius 1 is 1.12 bits per heavy atom. The van der Waals surface area contributed by atoms with Gasteiger partial charge in [0.1, 0.15) is 29.5 Å². The summed E-state index contributed by atoms with van der Waals surface area (Å²) in [5.41, 5.74) is -0.227. The van der Waals surface area contributed by atoms with Crippen molar-refractivity contribution >= 4 is 78.6 Å². The van der Waals surface area contributed by atoms with E-state index in [-0.39, 0.29) is 37.2 Å². The van der Waals surface area contributed by atoms with E-state index in [0.717, 1.165) is 11.1 Å². The Labute approximate surface area is 346 Å². The average Bonchev–Trinajstić information content (AvgIpc) is 4.05. The van der Waals surface area contributed by atoms with Gasteiger partial charge in [0, 0.05) is 38.9 Å². The molecule has 3 heterocycles. The molecule has 2 aromatic carbocycles. The summed E-state index contributed by atoms with van der Waals surface area (Å²) in [4.78, 5) is 53.9. The number of sulfonamides is 1. The molecule has 1 unspecified atom stereocenters. The van der Waals surface area contributed by atoms with Crippen LogP contribution in [0.15, 0.2) is 60.2 Å². The number of carbonyl (C=O) groups excluding carboxylic acids is 3. The topological polar surface area (TPSA) is 168 Å². The molecule has 3 amide bonds. The molecule has 2 saturated carbocycles. The van der Waals surface area contributed by atoms with Crippen LogP contribution in [-0.4, -0.2) is 89.6 Å². The zero-order valence-electron chi connectivity index (χ0n) is 32.3. The second-order valence-corrected chi connectivity index (χ2v) is 20.0. The molecule has 2 aliphatic carbocycles. The van der Waals surface area contributed by atoms with Gasteiger partial charge in [0.25, 0.3) is 5.91 Å². The molecule has 57 heavy (non-hydrogen) atoms. The van der Waals surface area contributed by atoms with E-state index in [2.05, 4.69) is 26.9 Å². The van der Waals surface area contributed by atoms with Crippen LogP contribution in [-0.2, 0) is 24.4 Å². The number of nitrogens with zero attached hydrogens (tertiary/aromatic N) is 3. The van der Waals surface area contributed by atoms with Crippen molar-refractivity contribution in [3.63, 3.8) is 0 Å². The predicted octanol–water partition coefficient (Wildman–Crippen LogP) is 5.72. The van der Waals surface area contributed by atoms with Crippen molar-refractivity contribution < 1.29 is 32.3 Å². The lowest BCUT2D eigenvalue weighted by Gasteiger charge is -2.36. The number of halogens is 2. The van der Waals surface area contributed by atoms with Gasteiger partial charge in [-0.1, -0.05) is 73.9 Å². The Kier molecular flexibility index (Phi) is 11.3. The highest BCUT2D eigenvalue weighted by molar-refractivity contribution is 8.14. The van der Waals surface area contributed by atoms with Crippen molar-refractivity contribution in [2.24, 2.45) is 16.3 Å². The molecule has 0 spiro atoms. The fraction of sp³-hybridized carbons (Fsp3) is 0.475. The summed E-state index contributed by atoms with van der Waals surface area (Å²) in [6.45, 7) is 11.5. The van der Waals surface area contributed by atoms with Crippen LogP contribution in [0.5, 0.6) is 11.6 Å². The summed E-state index contributed by atoms with van der Waals surface area (Å²) < 4.78 is 39.8. The standard InChI is InChI=1S/C40H46Cl2N6O7S2/c1-7-23-17-40(23,37(51)47-57(52,53)26-10-11-26)46-34(49)31-16-25(55-35-28-15-24(41)9-12-27(28)32(54-6)18-43-35)19-48(31)36(50)33(39(3,4)5)45-38-44-30(20-56-38)22-8-13-29(42)21(2)14-22/h7-9,12-15,18,23,25-26,30-31,33H,1,10-11,16-17,19-20H2,2-6H3,(H,44,45)(H,46,49)(H,47,51)/t23-,25-,30?,31+,33-,40-/m1/s1. The summed E-state index contributed by atoms with van der Waals surface area (Å²) in [7, 11) is -2.36. The molecule has 2 aliphatic heterocycles. The lowest BCUT2D eigenvalue weighted by molar-refractivity contribution is -0.142. The highest BCUT2D eigenvalue weighted by Gasteiger charge is 2.62. The van der Waals surface area contributed by atoms with E-state index in [9.17, 15) is 22.8 Å². The van der Waals surface area contributed by atoms with Gasteiger partial charge in [-0.3, -0.25) is 24.1 Å². The number of likely N-dealkylation sites (tertiary alicyclic amines) is 1. The highest BCUT2D eigenvalue weighted by Crippen LogP contribution is 2.46. The van der Waals surface area contributed by atoms with E-state index >= 15 is 0 Å². The Balaban J connectivity index is 1.18. The third-order valence-corrected chi connectivity index (χ3v) is 14.4. The molecule has 13 nitrogen and oxygen atoms in total. The van der Waals surface area contributed by atoms with Gasteiger partial charge in [0.15, 0.2) is 5.17 Å². The monoisotopic (exact) mass is 856 g/mol. The number of nitrogens with one attached hydrogen (secondary N) is 3. The number of carbonyl (C=O) groups is 3.